The van der Waals surface area contributed by atoms with Crippen molar-refractivity contribution in [3.05, 3.63) is 81.8 Å². The third-order valence-electron chi connectivity index (χ3n) is 10.7. The van der Waals surface area contributed by atoms with Gasteiger partial charge >= 0.3 is 0 Å². The third kappa shape index (κ3) is 5.91. The van der Waals surface area contributed by atoms with E-state index >= 15 is 0 Å². The highest BCUT2D eigenvalue weighted by atomic mass is 16.5. The Morgan fingerprint density at radius 1 is 1.00 bits per heavy atom. The second-order valence-electron chi connectivity index (χ2n) is 13.6. The van der Waals surface area contributed by atoms with Crippen molar-refractivity contribution in [2.24, 2.45) is 7.05 Å². The van der Waals surface area contributed by atoms with E-state index in [4.69, 9.17) is 14.7 Å². The molecule has 12 heteroatoms. The molecule has 0 unspecified atom stereocenters. The SMILES string of the molecule is CCc1c(-c2cc(Nc3ccc(N4CCN(C5COC5)C[C@H]4C)cn3)c(=O)n(C)c2)ccnc1N1CCn2c(cc3c2CCCC3)C1=O.O. The second kappa shape index (κ2) is 13.4. The first-order valence-corrected chi connectivity index (χ1v) is 17.4. The van der Waals surface area contributed by atoms with Gasteiger partial charge in [-0.3, -0.25) is 19.4 Å². The summed E-state index contributed by atoms with van der Waals surface area (Å²) in [5.41, 5.74) is 7.64. The molecule has 4 aromatic rings. The smallest absolute Gasteiger partial charge is 0.276 e. The van der Waals surface area contributed by atoms with Crippen LogP contribution in [0.5, 0.6) is 0 Å². The van der Waals surface area contributed by atoms with Gasteiger partial charge in [0.25, 0.3) is 11.5 Å². The summed E-state index contributed by atoms with van der Waals surface area (Å²) in [6, 6.07) is 10.9. The molecule has 4 aliphatic rings. The highest BCUT2D eigenvalue weighted by molar-refractivity contribution is 6.06. The number of hydrogen-bond donors (Lipinski definition) is 1. The molecule has 1 atom stereocenters. The average Bonchev–Trinajstić information content (AvgIpc) is 3.46. The number of anilines is 4. The molecule has 3 aliphatic heterocycles. The van der Waals surface area contributed by atoms with E-state index in [2.05, 4.69) is 45.7 Å². The molecule has 1 aliphatic carbocycles. The van der Waals surface area contributed by atoms with Crippen molar-refractivity contribution in [2.45, 2.75) is 64.6 Å². The summed E-state index contributed by atoms with van der Waals surface area (Å²) >= 11 is 0. The number of carbonyl (C=O) groups is 1. The van der Waals surface area contributed by atoms with Crippen molar-refractivity contribution in [1.29, 1.82) is 0 Å². The number of ether oxygens (including phenoxy) is 1. The number of hydrogen-bond acceptors (Lipinski definition) is 8. The zero-order chi connectivity index (χ0) is 32.9. The second-order valence-corrected chi connectivity index (χ2v) is 13.6. The number of carbonyl (C=O) groups excluding carboxylic acids is 1. The summed E-state index contributed by atoms with van der Waals surface area (Å²) in [7, 11) is 1.77. The lowest BCUT2D eigenvalue weighted by Crippen LogP contribution is -2.59. The van der Waals surface area contributed by atoms with E-state index in [0.29, 0.717) is 42.4 Å². The first kappa shape index (κ1) is 33.0. The summed E-state index contributed by atoms with van der Waals surface area (Å²) in [4.78, 5) is 43.5. The van der Waals surface area contributed by atoms with Gasteiger partial charge in [-0.15, -0.1) is 0 Å². The van der Waals surface area contributed by atoms with E-state index in [1.807, 2.05) is 35.5 Å². The third-order valence-corrected chi connectivity index (χ3v) is 10.7. The molecular weight excluding hydrogens is 620 g/mol. The summed E-state index contributed by atoms with van der Waals surface area (Å²) in [6.07, 6.45) is 10.7. The fourth-order valence-corrected chi connectivity index (χ4v) is 8.02. The van der Waals surface area contributed by atoms with Crippen LogP contribution in [0.4, 0.5) is 23.0 Å². The molecule has 4 aromatic heterocycles. The first-order chi connectivity index (χ1) is 23.4. The predicted molar refractivity (Wildman–Crippen MR) is 191 cm³/mol. The van der Waals surface area contributed by atoms with Crippen molar-refractivity contribution in [1.82, 2.24) is 24.0 Å². The van der Waals surface area contributed by atoms with Crippen LogP contribution in [0.25, 0.3) is 11.1 Å². The number of piperazine rings is 1. The van der Waals surface area contributed by atoms with Gasteiger partial charge in [0.2, 0.25) is 0 Å². The molecular formula is C37H46N8O4. The molecule has 1 amide bonds. The molecule has 3 N–H and O–H groups in total. The van der Waals surface area contributed by atoms with Crippen LogP contribution in [0.3, 0.4) is 0 Å². The zero-order valence-electron chi connectivity index (χ0n) is 28.6. The molecule has 8 rings (SSSR count). The van der Waals surface area contributed by atoms with Crippen LogP contribution in [-0.2, 0) is 37.6 Å². The van der Waals surface area contributed by atoms with Crippen LogP contribution in [0.1, 0.15) is 54.0 Å². The van der Waals surface area contributed by atoms with E-state index < -0.39 is 0 Å². The van der Waals surface area contributed by atoms with Gasteiger partial charge in [0.1, 0.15) is 23.0 Å². The van der Waals surface area contributed by atoms with Crippen LogP contribution in [0, 0.1) is 0 Å². The Bertz CT molecular complexity index is 1910. The van der Waals surface area contributed by atoms with Gasteiger partial charge in [0.05, 0.1) is 31.1 Å². The summed E-state index contributed by atoms with van der Waals surface area (Å²) in [5, 5.41) is 3.29. The lowest BCUT2D eigenvalue weighted by Gasteiger charge is -2.46. The van der Waals surface area contributed by atoms with Crippen LogP contribution in [0.2, 0.25) is 0 Å². The monoisotopic (exact) mass is 666 g/mol. The van der Waals surface area contributed by atoms with Crippen LogP contribution in [-0.4, -0.2) is 86.9 Å². The molecule has 0 aromatic carbocycles. The van der Waals surface area contributed by atoms with Crippen molar-refractivity contribution in [2.75, 3.05) is 54.5 Å². The highest BCUT2D eigenvalue weighted by Crippen LogP contribution is 2.35. The molecule has 0 saturated carbocycles. The van der Waals surface area contributed by atoms with E-state index in [-0.39, 0.29) is 16.9 Å². The number of pyridine rings is 3. The molecule has 258 valence electrons. The topological polar surface area (TPSA) is 132 Å². The van der Waals surface area contributed by atoms with Gasteiger partial charge in [-0.1, -0.05) is 6.92 Å². The van der Waals surface area contributed by atoms with Crippen molar-refractivity contribution in [3.8, 4) is 11.1 Å². The van der Waals surface area contributed by atoms with Crippen molar-refractivity contribution < 1.29 is 15.0 Å². The fraction of sp³-hybridized carbons (Fsp3) is 0.459. The zero-order valence-corrected chi connectivity index (χ0v) is 28.6. The molecule has 0 spiro atoms. The summed E-state index contributed by atoms with van der Waals surface area (Å²) < 4.78 is 9.24. The number of nitrogens with one attached hydrogen (secondary N) is 1. The maximum Gasteiger partial charge on any atom is 0.276 e. The largest absolute Gasteiger partial charge is 0.412 e. The first-order valence-electron chi connectivity index (χ1n) is 17.4. The minimum absolute atomic E-state index is 0. The van der Waals surface area contributed by atoms with Crippen LogP contribution >= 0.6 is 0 Å². The normalized spacial score (nSPS) is 19.6. The molecule has 49 heavy (non-hydrogen) atoms. The van der Waals surface area contributed by atoms with Gasteiger partial charge < -0.3 is 29.6 Å². The molecule has 2 saturated heterocycles. The van der Waals surface area contributed by atoms with Crippen molar-refractivity contribution >= 4 is 28.9 Å². The van der Waals surface area contributed by atoms with Crippen LogP contribution < -0.4 is 20.7 Å². The molecule has 0 bridgehead atoms. The maximum atomic E-state index is 13.9. The van der Waals surface area contributed by atoms with E-state index in [9.17, 15) is 9.59 Å². The lowest BCUT2D eigenvalue weighted by atomic mass is 9.98. The average molecular weight is 667 g/mol. The number of aromatic nitrogens is 4. The standard InChI is InChI=1S/C37H44N8O3.H2O/c1-4-29-30(11-12-38-35(29)45-16-15-44-32-8-6-5-7-25(32)18-33(44)37(45)47)26-17-31(36(46)41(3)21-26)40-34-10-9-27(19-39-34)43-14-13-42(20-24(43)2)28-22-48-23-28;/h9-12,17-19,21,24,28H,4-8,13-16,20,22-23H2,1-3H3,(H,39,40);1H2/t24-;/m1./s1. The minimum atomic E-state index is -0.141. The van der Waals surface area contributed by atoms with E-state index in [1.54, 1.807) is 17.8 Å². The fourth-order valence-electron chi connectivity index (χ4n) is 8.02. The molecule has 7 heterocycles. The Kier molecular flexibility index (Phi) is 9.03. The lowest BCUT2D eigenvalue weighted by molar-refractivity contribution is -0.0691. The number of nitrogens with zero attached hydrogens (tertiary/aromatic N) is 7. The molecule has 0 radical (unpaired) electrons. The Morgan fingerprint density at radius 2 is 1.84 bits per heavy atom. The maximum absolute atomic E-state index is 13.9. The van der Waals surface area contributed by atoms with E-state index in [1.165, 1.54) is 24.1 Å². The van der Waals surface area contributed by atoms with Crippen LogP contribution in [0.15, 0.2) is 53.7 Å². The van der Waals surface area contributed by atoms with Gasteiger partial charge in [0, 0.05) is 75.0 Å². The van der Waals surface area contributed by atoms with E-state index in [0.717, 1.165) is 80.3 Å². The predicted octanol–water partition coefficient (Wildman–Crippen LogP) is 3.57. The van der Waals surface area contributed by atoms with Crippen molar-refractivity contribution in [3.63, 3.8) is 0 Å². The van der Waals surface area contributed by atoms with Gasteiger partial charge in [-0.05, 0) is 80.5 Å². The van der Waals surface area contributed by atoms with Gasteiger partial charge in [-0.2, -0.15) is 0 Å². The Labute approximate surface area is 286 Å². The Balaban J connectivity index is 0.00000378. The highest BCUT2D eigenvalue weighted by Gasteiger charge is 2.33. The quantitative estimate of drug-likeness (QED) is 0.317. The minimum Gasteiger partial charge on any atom is -0.412 e. The summed E-state index contributed by atoms with van der Waals surface area (Å²) in [5.74, 6) is 1.32. The Hall–Kier alpha value is -4.52. The van der Waals surface area contributed by atoms with Gasteiger partial charge in [0.15, 0.2) is 0 Å². The number of amides is 1. The number of rotatable bonds is 7. The number of aryl methyl sites for hydroxylation is 2. The molecule has 2 fully saturated rings. The molecule has 12 nitrogen and oxygen atoms in total. The Morgan fingerprint density at radius 3 is 2.57 bits per heavy atom. The summed E-state index contributed by atoms with van der Waals surface area (Å²) in [6.45, 7) is 10.4. The number of fused-ring (bicyclic) bond motifs is 3. The van der Waals surface area contributed by atoms with Gasteiger partial charge in [-0.25, -0.2) is 9.97 Å².